The van der Waals surface area contributed by atoms with Gasteiger partial charge in [0, 0.05) is 6.04 Å². The number of H-pyrrole nitrogens is 2. The van der Waals surface area contributed by atoms with Crippen molar-refractivity contribution in [3.8, 4) is 0 Å². The molecule has 6 heteroatoms. The molecule has 0 spiro atoms. The van der Waals surface area contributed by atoms with E-state index >= 15 is 0 Å². The van der Waals surface area contributed by atoms with E-state index in [4.69, 9.17) is 0 Å². The second-order valence-corrected chi connectivity index (χ2v) is 3.31. The summed E-state index contributed by atoms with van der Waals surface area (Å²) in [6.07, 6.45) is 1.45. The number of anilines is 1. The summed E-state index contributed by atoms with van der Waals surface area (Å²) in [5.74, 6) is 0.460. The van der Waals surface area contributed by atoms with Gasteiger partial charge in [-0.15, -0.1) is 0 Å². The summed E-state index contributed by atoms with van der Waals surface area (Å²) in [6, 6.07) is 0.221. The molecule has 2 aromatic heterocycles. The highest BCUT2D eigenvalue weighted by molar-refractivity contribution is 5.69. The van der Waals surface area contributed by atoms with E-state index in [0.29, 0.717) is 17.1 Å². The standard InChI is InChI=1S/C8H11N5O/c1-4(2)11-8-12-6-5(7(14)13-8)9-3-10-6/h3-4H,1-2H3,(H3,9,10,11,12,13,14). The van der Waals surface area contributed by atoms with Crippen LogP contribution in [0, 0.1) is 0 Å². The van der Waals surface area contributed by atoms with Crippen LogP contribution < -0.4 is 10.9 Å². The van der Waals surface area contributed by atoms with Crippen LogP contribution in [0.25, 0.3) is 11.2 Å². The van der Waals surface area contributed by atoms with Crippen LogP contribution in [-0.4, -0.2) is 26.0 Å². The molecule has 0 radical (unpaired) electrons. The molecule has 3 N–H and O–H groups in total. The van der Waals surface area contributed by atoms with Gasteiger partial charge >= 0.3 is 0 Å². The van der Waals surface area contributed by atoms with Crippen molar-refractivity contribution >= 4 is 17.1 Å². The van der Waals surface area contributed by atoms with Gasteiger partial charge in [0.2, 0.25) is 5.95 Å². The van der Waals surface area contributed by atoms with Crippen LogP contribution in [0.15, 0.2) is 11.1 Å². The molecule has 0 saturated carbocycles. The molecule has 14 heavy (non-hydrogen) atoms. The second-order valence-electron chi connectivity index (χ2n) is 3.31. The number of aromatic amines is 2. The summed E-state index contributed by atoms with van der Waals surface area (Å²) in [4.78, 5) is 24.8. The SMILES string of the molecule is CC(C)Nc1nc2[nH]cnc2c(=O)[nH]1. The van der Waals surface area contributed by atoms with Gasteiger partial charge in [-0.05, 0) is 13.8 Å². The van der Waals surface area contributed by atoms with Crippen LogP contribution in [0.1, 0.15) is 13.8 Å². The largest absolute Gasteiger partial charge is 0.354 e. The first-order chi connectivity index (χ1) is 6.66. The Morgan fingerprint density at radius 2 is 2.29 bits per heavy atom. The predicted molar refractivity (Wildman–Crippen MR) is 53.3 cm³/mol. The number of nitrogens with zero attached hydrogens (tertiary/aromatic N) is 2. The molecule has 0 unspecified atom stereocenters. The second kappa shape index (κ2) is 3.13. The van der Waals surface area contributed by atoms with E-state index in [1.165, 1.54) is 6.33 Å². The van der Waals surface area contributed by atoms with Gasteiger partial charge in [-0.3, -0.25) is 9.78 Å². The third-order valence-electron chi connectivity index (χ3n) is 1.72. The van der Waals surface area contributed by atoms with Gasteiger partial charge in [0.15, 0.2) is 11.2 Å². The van der Waals surface area contributed by atoms with Crippen molar-refractivity contribution < 1.29 is 0 Å². The Balaban J connectivity index is 2.53. The Morgan fingerprint density at radius 1 is 1.50 bits per heavy atom. The van der Waals surface area contributed by atoms with Crippen LogP contribution in [0.4, 0.5) is 5.95 Å². The number of nitrogens with one attached hydrogen (secondary N) is 3. The summed E-state index contributed by atoms with van der Waals surface area (Å²) in [5, 5.41) is 3.01. The molecule has 0 atom stereocenters. The lowest BCUT2D eigenvalue weighted by Gasteiger charge is -2.07. The van der Waals surface area contributed by atoms with Crippen LogP contribution in [0.2, 0.25) is 0 Å². The number of rotatable bonds is 2. The molecule has 0 bridgehead atoms. The van der Waals surface area contributed by atoms with E-state index in [9.17, 15) is 4.79 Å². The number of imidazole rings is 1. The fourth-order valence-electron chi connectivity index (χ4n) is 1.19. The third-order valence-corrected chi connectivity index (χ3v) is 1.72. The molecule has 0 aliphatic rings. The van der Waals surface area contributed by atoms with Crippen molar-refractivity contribution in [2.45, 2.75) is 19.9 Å². The van der Waals surface area contributed by atoms with Crippen molar-refractivity contribution in [2.75, 3.05) is 5.32 Å². The minimum Gasteiger partial charge on any atom is -0.354 e. The van der Waals surface area contributed by atoms with Crippen molar-refractivity contribution in [1.29, 1.82) is 0 Å². The lowest BCUT2D eigenvalue weighted by atomic mass is 10.4. The summed E-state index contributed by atoms with van der Waals surface area (Å²) in [5.41, 5.74) is 0.593. The number of hydrogen-bond donors (Lipinski definition) is 3. The van der Waals surface area contributed by atoms with Gasteiger partial charge in [0.25, 0.3) is 5.56 Å². The number of aromatic nitrogens is 4. The minimum atomic E-state index is -0.237. The van der Waals surface area contributed by atoms with Crippen LogP contribution in [0.5, 0.6) is 0 Å². The first-order valence-corrected chi connectivity index (χ1v) is 4.37. The van der Waals surface area contributed by atoms with E-state index < -0.39 is 0 Å². The Bertz CT molecular complexity index is 498. The van der Waals surface area contributed by atoms with Crippen molar-refractivity contribution in [1.82, 2.24) is 19.9 Å². The van der Waals surface area contributed by atoms with Crippen LogP contribution >= 0.6 is 0 Å². The fourth-order valence-corrected chi connectivity index (χ4v) is 1.19. The van der Waals surface area contributed by atoms with E-state index in [1.54, 1.807) is 0 Å². The topological polar surface area (TPSA) is 86.5 Å². The van der Waals surface area contributed by atoms with Crippen molar-refractivity contribution in [2.24, 2.45) is 0 Å². The average molecular weight is 193 g/mol. The summed E-state index contributed by atoms with van der Waals surface area (Å²) in [6.45, 7) is 3.94. The molecular weight excluding hydrogens is 182 g/mol. The van der Waals surface area contributed by atoms with Gasteiger partial charge in [-0.2, -0.15) is 4.98 Å². The number of fused-ring (bicyclic) bond motifs is 1. The Hall–Kier alpha value is -1.85. The summed E-state index contributed by atoms with van der Waals surface area (Å²) in [7, 11) is 0. The smallest absolute Gasteiger partial charge is 0.280 e. The Labute approximate surface area is 79.8 Å². The quantitative estimate of drug-likeness (QED) is 0.647. The average Bonchev–Trinajstić information content (AvgIpc) is 2.50. The molecule has 0 aliphatic carbocycles. The minimum absolute atomic E-state index is 0.221. The molecule has 2 rings (SSSR count). The molecule has 0 fully saturated rings. The third kappa shape index (κ3) is 1.46. The lowest BCUT2D eigenvalue weighted by molar-refractivity contribution is 0.874. The van der Waals surface area contributed by atoms with Gasteiger partial charge < -0.3 is 10.3 Å². The molecule has 0 aliphatic heterocycles. The Morgan fingerprint density at radius 3 is 3.00 bits per heavy atom. The highest BCUT2D eigenvalue weighted by Gasteiger charge is 2.05. The zero-order chi connectivity index (χ0) is 10.1. The van der Waals surface area contributed by atoms with Crippen molar-refractivity contribution in [3.05, 3.63) is 16.7 Å². The summed E-state index contributed by atoms with van der Waals surface area (Å²) < 4.78 is 0. The molecule has 74 valence electrons. The normalized spacial score (nSPS) is 11.1. The zero-order valence-electron chi connectivity index (χ0n) is 7.96. The van der Waals surface area contributed by atoms with Crippen molar-refractivity contribution in [3.63, 3.8) is 0 Å². The van der Waals surface area contributed by atoms with Gasteiger partial charge in [-0.1, -0.05) is 0 Å². The molecule has 0 saturated heterocycles. The van der Waals surface area contributed by atoms with Crippen LogP contribution in [0.3, 0.4) is 0 Å². The molecule has 6 nitrogen and oxygen atoms in total. The van der Waals surface area contributed by atoms with Gasteiger partial charge in [-0.25, -0.2) is 4.98 Å². The van der Waals surface area contributed by atoms with E-state index in [-0.39, 0.29) is 11.6 Å². The molecule has 2 aromatic rings. The predicted octanol–water partition coefficient (Wildman–Crippen LogP) is 0.466. The zero-order valence-corrected chi connectivity index (χ0v) is 7.96. The maximum absolute atomic E-state index is 11.4. The van der Waals surface area contributed by atoms with E-state index in [0.717, 1.165) is 0 Å². The molecule has 0 amide bonds. The summed E-state index contributed by atoms with van der Waals surface area (Å²) >= 11 is 0. The maximum Gasteiger partial charge on any atom is 0.280 e. The highest BCUT2D eigenvalue weighted by Crippen LogP contribution is 2.03. The lowest BCUT2D eigenvalue weighted by Crippen LogP contribution is -2.17. The monoisotopic (exact) mass is 193 g/mol. The van der Waals surface area contributed by atoms with Gasteiger partial charge in [0.05, 0.1) is 6.33 Å². The fraction of sp³-hybridized carbons (Fsp3) is 0.375. The first kappa shape index (κ1) is 8.74. The molecule has 0 aromatic carbocycles. The van der Waals surface area contributed by atoms with E-state index in [2.05, 4.69) is 25.3 Å². The number of hydrogen-bond acceptors (Lipinski definition) is 4. The first-order valence-electron chi connectivity index (χ1n) is 4.37. The molecule has 2 heterocycles. The van der Waals surface area contributed by atoms with Gasteiger partial charge in [0.1, 0.15) is 0 Å². The molecular formula is C8H11N5O. The van der Waals surface area contributed by atoms with Crippen LogP contribution in [-0.2, 0) is 0 Å². The maximum atomic E-state index is 11.4. The Kier molecular flexibility index (Phi) is 1.95. The highest BCUT2D eigenvalue weighted by atomic mass is 16.1. The van der Waals surface area contributed by atoms with E-state index in [1.807, 2.05) is 13.8 Å².